The maximum absolute atomic E-state index is 15.3. The van der Waals surface area contributed by atoms with Gasteiger partial charge in [0.2, 0.25) is 11.8 Å². The molecule has 0 unspecified atom stereocenters. The van der Waals surface area contributed by atoms with E-state index in [0.29, 0.717) is 59.6 Å². The Kier molecular flexibility index (Phi) is 23.4. The predicted octanol–water partition coefficient (Wildman–Crippen LogP) is 7.10. The fraction of sp³-hybridized carbons (Fsp3) is 0.246. The summed E-state index contributed by atoms with van der Waals surface area (Å²) in [6, 6.07) is 28.3. The van der Waals surface area contributed by atoms with E-state index in [1.807, 2.05) is 76.2 Å². The SMILES string of the molecule is C.COc1cc(-c2cccc(-c3cccc(NC(=O)c4cn(C)c(=O)n(C)c4=O)c3C)c2C)cc(F)c1C=O.COc1cc(-c2cccc(-c3cccc(NC(=O)c4cn(C)c(=O)n(C)c4=O)c3C)c2C)cc(F)c1CNCCC(N)=O.NCCC(N)=O. The van der Waals surface area contributed by atoms with Gasteiger partial charge in [-0.3, -0.25) is 42.7 Å². The number of amides is 4. The molecule has 4 amide bonds. The van der Waals surface area contributed by atoms with Crippen LogP contribution in [0.15, 0.2) is 129 Å². The van der Waals surface area contributed by atoms with Gasteiger partial charge in [0, 0.05) is 90.0 Å². The van der Waals surface area contributed by atoms with Crippen LogP contribution in [0.1, 0.15) is 79.2 Å². The summed E-state index contributed by atoms with van der Waals surface area (Å²) in [7, 11) is 8.43. The van der Waals surface area contributed by atoms with Gasteiger partial charge in [0.15, 0.2) is 6.29 Å². The normalized spacial score (nSPS) is 10.6. The molecule has 0 aliphatic carbocycles. The molecule has 21 nitrogen and oxygen atoms in total. The third kappa shape index (κ3) is 15.3. The quantitative estimate of drug-likeness (QED) is 0.0369. The summed E-state index contributed by atoms with van der Waals surface area (Å²) in [5.74, 6) is -2.65. The molecule has 0 aliphatic heterocycles. The van der Waals surface area contributed by atoms with Crippen molar-refractivity contribution in [3.05, 3.63) is 207 Å². The lowest BCUT2D eigenvalue weighted by Gasteiger charge is -2.18. The van der Waals surface area contributed by atoms with E-state index in [9.17, 15) is 47.5 Å². The van der Waals surface area contributed by atoms with Gasteiger partial charge >= 0.3 is 11.4 Å². The van der Waals surface area contributed by atoms with E-state index >= 15 is 4.39 Å². The average molecular weight is 1210 g/mol. The van der Waals surface area contributed by atoms with Gasteiger partial charge < -0.3 is 51.8 Å². The van der Waals surface area contributed by atoms with Crippen molar-refractivity contribution in [2.24, 2.45) is 45.4 Å². The molecule has 23 heteroatoms. The lowest BCUT2D eigenvalue weighted by Crippen LogP contribution is -2.40. The zero-order chi connectivity index (χ0) is 64.1. The number of primary amides is 2. The van der Waals surface area contributed by atoms with Crippen molar-refractivity contribution in [2.75, 3.05) is 37.9 Å². The van der Waals surface area contributed by atoms with E-state index in [1.54, 1.807) is 36.4 Å². The Morgan fingerprint density at radius 2 is 0.943 bits per heavy atom. The molecule has 9 N–H and O–H groups in total. The number of hydrogen-bond acceptors (Lipinski definition) is 13. The van der Waals surface area contributed by atoms with Crippen molar-refractivity contribution in [3.63, 3.8) is 0 Å². The molecule has 0 aliphatic rings. The Balaban J connectivity index is 0.000000292. The van der Waals surface area contributed by atoms with Crippen LogP contribution in [0.4, 0.5) is 20.2 Å². The highest BCUT2D eigenvalue weighted by molar-refractivity contribution is 6.05. The van der Waals surface area contributed by atoms with E-state index in [2.05, 4.69) is 21.7 Å². The van der Waals surface area contributed by atoms with Crippen LogP contribution in [0, 0.1) is 39.3 Å². The van der Waals surface area contributed by atoms with Crippen molar-refractivity contribution >= 4 is 41.3 Å². The van der Waals surface area contributed by atoms with Gasteiger partial charge in [-0.05, 0) is 131 Å². The highest BCUT2D eigenvalue weighted by Crippen LogP contribution is 2.40. The maximum atomic E-state index is 15.3. The minimum atomic E-state index is -0.689. The Morgan fingerprint density at radius 3 is 1.33 bits per heavy atom. The lowest BCUT2D eigenvalue weighted by atomic mass is 9.90. The second-order valence-electron chi connectivity index (χ2n) is 20.2. The minimum Gasteiger partial charge on any atom is -0.496 e. The van der Waals surface area contributed by atoms with Crippen molar-refractivity contribution in [3.8, 4) is 56.0 Å². The molecule has 0 saturated heterocycles. The first kappa shape index (κ1) is 68.4. The summed E-state index contributed by atoms with van der Waals surface area (Å²) in [6.45, 7) is 8.40. The molecule has 0 fully saturated rings. The standard InChI is InChI=1S/C32H34FN5O5.C29H26FN3O5.C3H8N2O.CH4/c1-18-21(20-14-26(33)24(28(15-20)43-5)16-35-13-12-29(34)39)8-6-9-22(18)23-10-7-11-27(19(23)2)36-30(40)25-17-37(3)32(42)38(4)31(25)41;1-16-19(18-12-24(30)23(15-34)26(13-18)38-5)8-6-9-20(16)21-10-7-11-25(17(21)2)31-27(35)22-14-32(3)29(37)33(4)28(22)36;4-2-1-3(5)6;/h6-11,14-15,17,35H,12-13,16H2,1-5H3,(H2,34,39)(H,36,40);6-15H,1-5H3,(H,31,35);1-2,4H2,(H2,5,6);1H4. The van der Waals surface area contributed by atoms with Gasteiger partial charge in [0.25, 0.3) is 22.9 Å². The van der Waals surface area contributed by atoms with Crippen LogP contribution in [0.25, 0.3) is 44.5 Å². The number of nitrogens with two attached hydrogens (primary N) is 3. The van der Waals surface area contributed by atoms with Crippen LogP contribution in [0.5, 0.6) is 11.5 Å². The van der Waals surface area contributed by atoms with Crippen molar-refractivity contribution < 1.29 is 42.2 Å². The Hall–Kier alpha value is -10.4. The topological polar surface area (TPSA) is 306 Å². The second kappa shape index (κ2) is 30.1. The molecule has 88 heavy (non-hydrogen) atoms. The lowest BCUT2D eigenvalue weighted by molar-refractivity contribution is -0.118. The van der Waals surface area contributed by atoms with E-state index in [1.165, 1.54) is 76.1 Å². The van der Waals surface area contributed by atoms with Crippen LogP contribution in [0.3, 0.4) is 0 Å². The van der Waals surface area contributed by atoms with Crippen molar-refractivity contribution in [1.82, 2.24) is 23.6 Å². The highest BCUT2D eigenvalue weighted by atomic mass is 19.1. The number of aromatic nitrogens is 4. The van der Waals surface area contributed by atoms with Gasteiger partial charge in [-0.15, -0.1) is 0 Å². The third-order valence-electron chi connectivity index (χ3n) is 14.5. The number of methoxy groups -OCH3 is 2. The van der Waals surface area contributed by atoms with Gasteiger partial charge in [-0.2, -0.15) is 0 Å². The number of carbonyl (C=O) groups excluding carboxylic acids is 5. The number of anilines is 2. The monoisotopic (exact) mass is 1210 g/mol. The molecular weight excluding hydrogens is 1130 g/mol. The predicted molar refractivity (Wildman–Crippen MR) is 337 cm³/mol. The summed E-state index contributed by atoms with van der Waals surface area (Å²) in [5, 5.41) is 8.60. The molecule has 8 aromatic rings. The Labute approximate surface area is 506 Å². The summed E-state index contributed by atoms with van der Waals surface area (Å²) in [5.41, 5.74) is 22.6. The first-order valence-corrected chi connectivity index (χ1v) is 27.0. The van der Waals surface area contributed by atoms with Crippen LogP contribution in [-0.4, -0.2) is 75.5 Å². The zero-order valence-corrected chi connectivity index (χ0v) is 49.8. The molecule has 2 aromatic heterocycles. The molecular formula is C65H72F2N10O11. The summed E-state index contributed by atoms with van der Waals surface area (Å²) >= 11 is 0. The summed E-state index contributed by atoms with van der Waals surface area (Å²) in [4.78, 5) is 107. The zero-order valence-electron chi connectivity index (χ0n) is 49.8. The van der Waals surface area contributed by atoms with Crippen molar-refractivity contribution in [2.45, 2.75) is 54.5 Å². The second-order valence-corrected chi connectivity index (χ2v) is 20.2. The van der Waals surface area contributed by atoms with E-state index in [0.717, 1.165) is 64.8 Å². The van der Waals surface area contributed by atoms with Crippen molar-refractivity contribution in [1.29, 1.82) is 0 Å². The number of benzene rings is 6. The minimum absolute atomic E-state index is 0. The number of nitrogens with one attached hydrogen (secondary N) is 3. The number of aryl methyl sites for hydroxylation is 2. The molecule has 462 valence electrons. The average Bonchev–Trinajstić information content (AvgIpc) is 0.974. The summed E-state index contributed by atoms with van der Waals surface area (Å²) < 4.78 is 44.8. The van der Waals surface area contributed by atoms with E-state index < -0.39 is 51.9 Å². The van der Waals surface area contributed by atoms with Gasteiger partial charge in [-0.25, -0.2) is 18.4 Å². The number of halogens is 2. The Bertz CT molecular complexity index is 4240. The van der Waals surface area contributed by atoms with Crippen LogP contribution in [0.2, 0.25) is 0 Å². The molecule has 8 rings (SSSR count). The van der Waals surface area contributed by atoms with E-state index in [-0.39, 0.29) is 48.7 Å². The molecule has 0 radical (unpaired) electrons. The molecule has 6 aromatic carbocycles. The highest BCUT2D eigenvalue weighted by Gasteiger charge is 2.22. The molecule has 0 atom stereocenters. The third-order valence-corrected chi connectivity index (χ3v) is 14.5. The van der Waals surface area contributed by atoms with Crippen LogP contribution >= 0.6 is 0 Å². The maximum Gasteiger partial charge on any atom is 0.330 e. The fourth-order valence-corrected chi connectivity index (χ4v) is 9.63. The molecule has 2 heterocycles. The number of ether oxygens (including phenoxy) is 2. The first-order chi connectivity index (χ1) is 41.3. The number of hydrogen-bond donors (Lipinski definition) is 6. The van der Waals surface area contributed by atoms with Gasteiger partial charge in [0.1, 0.15) is 34.3 Å². The Morgan fingerprint density at radius 1 is 0.557 bits per heavy atom. The van der Waals surface area contributed by atoms with E-state index in [4.69, 9.17) is 20.9 Å². The summed E-state index contributed by atoms with van der Waals surface area (Å²) in [6.07, 6.45) is 3.30. The number of rotatable bonds is 18. The van der Waals surface area contributed by atoms with Crippen LogP contribution < -0.4 is 65.1 Å². The first-order valence-electron chi connectivity index (χ1n) is 27.0. The van der Waals surface area contributed by atoms with Gasteiger partial charge in [-0.1, -0.05) is 68.1 Å². The molecule has 0 spiro atoms. The largest absolute Gasteiger partial charge is 0.496 e. The van der Waals surface area contributed by atoms with Crippen LogP contribution in [-0.2, 0) is 44.3 Å². The number of nitrogens with zero attached hydrogens (tertiary/aromatic N) is 4. The number of carbonyl (C=O) groups is 5. The molecule has 0 saturated carbocycles. The molecule has 0 bridgehead atoms. The smallest absolute Gasteiger partial charge is 0.330 e. The van der Waals surface area contributed by atoms with Gasteiger partial charge in [0.05, 0.1) is 19.8 Å². The fourth-order valence-electron chi connectivity index (χ4n) is 9.63. The number of aldehydes is 1.